The lowest BCUT2D eigenvalue weighted by Crippen LogP contribution is -2.42. The summed E-state index contributed by atoms with van der Waals surface area (Å²) in [6, 6.07) is 10.3. The first-order valence-corrected chi connectivity index (χ1v) is 11.2. The van der Waals surface area contributed by atoms with Crippen molar-refractivity contribution >= 4 is 35.0 Å². The molecule has 7 nitrogen and oxygen atoms in total. The summed E-state index contributed by atoms with van der Waals surface area (Å²) in [5.41, 5.74) is 1.01. The van der Waals surface area contributed by atoms with E-state index in [1.165, 1.54) is 13.0 Å². The van der Waals surface area contributed by atoms with E-state index in [-0.39, 0.29) is 23.9 Å². The molecular weight excluding hydrogens is 449 g/mol. The zero-order valence-corrected chi connectivity index (χ0v) is 19.3. The van der Waals surface area contributed by atoms with Gasteiger partial charge in [0.15, 0.2) is 11.5 Å². The van der Waals surface area contributed by atoms with E-state index in [1.807, 2.05) is 6.92 Å². The van der Waals surface area contributed by atoms with Gasteiger partial charge in [-0.05, 0) is 62.4 Å². The molecule has 1 atom stereocenters. The number of halogens is 1. The van der Waals surface area contributed by atoms with Crippen LogP contribution in [0.4, 0.5) is 9.18 Å². The highest BCUT2D eigenvalue weighted by molar-refractivity contribution is 8.18. The number of hydrogen-bond acceptors (Lipinski definition) is 7. The lowest BCUT2D eigenvalue weighted by atomic mass is 10.1. The molecule has 1 aliphatic heterocycles. The molecule has 0 aromatic heterocycles. The number of benzene rings is 2. The van der Waals surface area contributed by atoms with Crippen LogP contribution >= 0.6 is 11.8 Å². The Morgan fingerprint density at radius 3 is 2.55 bits per heavy atom. The van der Waals surface area contributed by atoms with Crippen LogP contribution < -0.4 is 9.47 Å². The molecule has 0 N–H and O–H groups in total. The summed E-state index contributed by atoms with van der Waals surface area (Å²) in [5, 5.41) is -0.540. The van der Waals surface area contributed by atoms with E-state index in [0.29, 0.717) is 29.2 Å². The molecule has 2 aromatic rings. The molecule has 0 aliphatic carbocycles. The molecule has 0 radical (unpaired) electrons. The van der Waals surface area contributed by atoms with Crippen molar-refractivity contribution in [3.8, 4) is 11.5 Å². The van der Waals surface area contributed by atoms with Gasteiger partial charge < -0.3 is 14.2 Å². The Morgan fingerprint density at radius 2 is 1.85 bits per heavy atom. The number of thioether (sulfide) groups is 1. The number of rotatable bonds is 9. The Hall–Kier alpha value is -3.33. The van der Waals surface area contributed by atoms with Crippen LogP contribution in [0.1, 0.15) is 31.9 Å². The average molecular weight is 474 g/mol. The number of carbonyl (C=O) groups excluding carboxylic acids is 3. The quantitative estimate of drug-likeness (QED) is 0.382. The summed E-state index contributed by atoms with van der Waals surface area (Å²) < 4.78 is 30.2. The van der Waals surface area contributed by atoms with E-state index < -0.39 is 23.2 Å². The van der Waals surface area contributed by atoms with Crippen LogP contribution in [-0.4, -0.2) is 41.3 Å². The van der Waals surface area contributed by atoms with E-state index >= 15 is 0 Å². The van der Waals surface area contributed by atoms with Crippen molar-refractivity contribution in [3.63, 3.8) is 0 Å². The molecule has 174 valence electrons. The van der Waals surface area contributed by atoms with Gasteiger partial charge >= 0.3 is 5.97 Å². The van der Waals surface area contributed by atoms with Crippen molar-refractivity contribution in [3.05, 3.63) is 64.3 Å². The van der Waals surface area contributed by atoms with Crippen LogP contribution in [0.3, 0.4) is 0 Å². The molecule has 0 saturated carbocycles. The number of imide groups is 1. The maximum atomic E-state index is 13.9. The normalized spacial score (nSPS) is 15.6. The molecule has 1 aliphatic rings. The summed E-state index contributed by atoms with van der Waals surface area (Å²) >= 11 is 0.750. The van der Waals surface area contributed by atoms with Gasteiger partial charge in [0.2, 0.25) is 0 Å². The minimum Gasteiger partial charge on any atom is -0.490 e. The minimum absolute atomic E-state index is 0.0245. The van der Waals surface area contributed by atoms with Crippen molar-refractivity contribution in [2.45, 2.75) is 33.4 Å². The Bertz CT molecular complexity index is 1090. The fraction of sp³-hybridized carbons (Fsp3) is 0.292. The number of carbonyl (C=O) groups is 3. The molecule has 3 rings (SSSR count). The highest BCUT2D eigenvalue weighted by atomic mass is 32.2. The largest absolute Gasteiger partial charge is 0.490 e. The highest BCUT2D eigenvalue weighted by Crippen LogP contribution is 2.36. The van der Waals surface area contributed by atoms with Gasteiger partial charge in [-0.1, -0.05) is 24.3 Å². The predicted molar refractivity (Wildman–Crippen MR) is 122 cm³/mol. The van der Waals surface area contributed by atoms with Gasteiger partial charge in [-0.2, -0.15) is 0 Å². The zero-order valence-electron chi connectivity index (χ0n) is 18.5. The zero-order chi connectivity index (χ0) is 24.0. The third kappa shape index (κ3) is 5.73. The third-order valence-electron chi connectivity index (χ3n) is 4.74. The van der Waals surface area contributed by atoms with Crippen molar-refractivity contribution in [1.82, 2.24) is 4.90 Å². The summed E-state index contributed by atoms with van der Waals surface area (Å²) in [5.74, 6) is -0.734. The summed E-state index contributed by atoms with van der Waals surface area (Å²) in [7, 11) is 0. The van der Waals surface area contributed by atoms with E-state index in [9.17, 15) is 18.8 Å². The van der Waals surface area contributed by atoms with E-state index in [4.69, 9.17) is 14.2 Å². The monoisotopic (exact) mass is 473 g/mol. The molecule has 1 fully saturated rings. The van der Waals surface area contributed by atoms with Gasteiger partial charge in [-0.15, -0.1) is 0 Å². The Balaban J connectivity index is 1.80. The average Bonchev–Trinajstić information content (AvgIpc) is 3.06. The van der Waals surface area contributed by atoms with Gasteiger partial charge in [0.25, 0.3) is 11.1 Å². The Labute approximate surface area is 195 Å². The standard InChI is InChI=1S/C24H24FNO6S/c1-4-30-20-12-16(10-11-19(20)32-14-17-8-6-7-9-18(17)25)13-21-22(27)26(24(29)33-21)15(3)23(28)31-5-2/h6-13,15H,4-5,14H2,1-3H3/b21-13-. The first kappa shape index (κ1) is 24.3. The van der Waals surface area contributed by atoms with Crippen LogP contribution in [0.5, 0.6) is 11.5 Å². The van der Waals surface area contributed by atoms with Gasteiger partial charge in [-0.3, -0.25) is 14.5 Å². The second-order valence-electron chi connectivity index (χ2n) is 7.00. The fourth-order valence-electron chi connectivity index (χ4n) is 3.11. The van der Waals surface area contributed by atoms with Crippen molar-refractivity contribution in [1.29, 1.82) is 0 Å². The summed E-state index contributed by atoms with van der Waals surface area (Å²) in [6.07, 6.45) is 1.55. The van der Waals surface area contributed by atoms with Gasteiger partial charge in [-0.25, -0.2) is 9.18 Å². The van der Waals surface area contributed by atoms with Gasteiger partial charge in [0, 0.05) is 5.56 Å². The lowest BCUT2D eigenvalue weighted by molar-refractivity contribution is -0.150. The van der Waals surface area contributed by atoms with E-state index in [2.05, 4.69) is 0 Å². The Morgan fingerprint density at radius 1 is 1.09 bits per heavy atom. The second kappa shape index (κ2) is 11.0. The molecule has 1 heterocycles. The lowest BCUT2D eigenvalue weighted by Gasteiger charge is -2.19. The maximum absolute atomic E-state index is 13.9. The fourth-order valence-corrected chi connectivity index (χ4v) is 4.01. The number of hydrogen-bond donors (Lipinski definition) is 0. The SMILES string of the molecule is CCOC(=O)C(C)N1C(=O)S/C(=C\c2ccc(OCc3ccccc3F)c(OCC)c2)C1=O. The van der Waals surface area contributed by atoms with Crippen molar-refractivity contribution in [2.75, 3.05) is 13.2 Å². The molecule has 2 aromatic carbocycles. The maximum Gasteiger partial charge on any atom is 0.329 e. The smallest absolute Gasteiger partial charge is 0.329 e. The van der Waals surface area contributed by atoms with Crippen molar-refractivity contribution in [2.24, 2.45) is 0 Å². The van der Waals surface area contributed by atoms with Crippen LogP contribution in [0.25, 0.3) is 6.08 Å². The van der Waals surface area contributed by atoms with Gasteiger partial charge in [0.1, 0.15) is 18.5 Å². The first-order valence-electron chi connectivity index (χ1n) is 10.4. The second-order valence-corrected chi connectivity index (χ2v) is 7.99. The van der Waals surface area contributed by atoms with Crippen LogP contribution in [0, 0.1) is 5.82 Å². The molecule has 33 heavy (non-hydrogen) atoms. The van der Waals surface area contributed by atoms with E-state index in [1.54, 1.807) is 49.4 Å². The van der Waals surface area contributed by atoms with E-state index in [0.717, 1.165) is 16.7 Å². The molecule has 0 spiro atoms. The predicted octanol–water partition coefficient (Wildman–Crippen LogP) is 4.79. The summed E-state index contributed by atoms with van der Waals surface area (Å²) in [4.78, 5) is 38.2. The molecular formula is C24H24FNO6S. The van der Waals surface area contributed by atoms with Gasteiger partial charge in [0.05, 0.1) is 18.1 Å². The Kier molecular flexibility index (Phi) is 8.11. The number of nitrogens with zero attached hydrogens (tertiary/aromatic N) is 1. The molecule has 9 heteroatoms. The molecule has 0 bridgehead atoms. The first-order chi connectivity index (χ1) is 15.8. The number of esters is 1. The molecule has 2 amide bonds. The van der Waals surface area contributed by atoms with Crippen LogP contribution in [0.2, 0.25) is 0 Å². The molecule has 1 unspecified atom stereocenters. The summed E-state index contributed by atoms with van der Waals surface area (Å²) in [6.45, 7) is 5.46. The molecule has 1 saturated heterocycles. The third-order valence-corrected chi connectivity index (χ3v) is 5.63. The number of amides is 2. The number of ether oxygens (including phenoxy) is 3. The minimum atomic E-state index is -1.02. The van der Waals surface area contributed by atoms with Crippen molar-refractivity contribution < 1.29 is 33.0 Å². The highest BCUT2D eigenvalue weighted by Gasteiger charge is 2.41. The topological polar surface area (TPSA) is 82.1 Å². The van der Waals surface area contributed by atoms with Crippen LogP contribution in [0.15, 0.2) is 47.4 Å². The van der Waals surface area contributed by atoms with Crippen LogP contribution in [-0.2, 0) is 20.9 Å².